The van der Waals surface area contributed by atoms with Gasteiger partial charge in [0.05, 0.1) is 22.1 Å². The van der Waals surface area contributed by atoms with E-state index in [1.807, 2.05) is 48.5 Å². The zero-order valence-electron chi connectivity index (χ0n) is 11.2. The van der Waals surface area contributed by atoms with Crippen molar-refractivity contribution in [2.45, 2.75) is 10.3 Å². The van der Waals surface area contributed by atoms with Crippen LogP contribution in [0.1, 0.15) is 0 Å². The molecule has 2 aromatic heterocycles. The number of para-hydroxylation sites is 4. The first-order valence-corrected chi connectivity index (χ1v) is 8.61. The number of nitrogens with zero attached hydrogens (tertiary/aromatic N) is 2. The lowest BCUT2D eigenvalue weighted by molar-refractivity contribution is 1.09. The summed E-state index contributed by atoms with van der Waals surface area (Å²) in [7, 11) is 0. The molecule has 0 bridgehead atoms. The zero-order valence-corrected chi connectivity index (χ0v) is 13.7. The third kappa shape index (κ3) is 2.75. The van der Waals surface area contributed by atoms with Gasteiger partial charge in [0.1, 0.15) is 3.53 Å². The minimum Gasteiger partial charge on any atom is -0.333 e. The quantitative estimate of drug-likeness (QED) is 0.411. The van der Waals surface area contributed by atoms with Crippen molar-refractivity contribution in [1.82, 2.24) is 19.9 Å². The van der Waals surface area contributed by atoms with Gasteiger partial charge in [-0.2, -0.15) is 0 Å². The summed E-state index contributed by atoms with van der Waals surface area (Å²) in [5, 5.41) is 1.60. The number of hydrogen-bond donors (Lipinski definition) is 2. The fourth-order valence-electron chi connectivity index (χ4n) is 2.13. The van der Waals surface area contributed by atoms with Crippen LogP contribution in [0.4, 0.5) is 0 Å². The average molecular weight is 342 g/mol. The summed E-state index contributed by atoms with van der Waals surface area (Å²) in [6.07, 6.45) is 0. The Balaban J connectivity index is 1.52. The molecule has 2 N–H and O–H groups in total. The summed E-state index contributed by atoms with van der Waals surface area (Å²) >= 11 is 8.32. The lowest BCUT2D eigenvalue weighted by atomic mass is 10.3. The van der Waals surface area contributed by atoms with Crippen LogP contribution in [0.2, 0.25) is 0 Å². The molecule has 0 unspecified atom stereocenters. The Hall–Kier alpha value is -1.83. The highest BCUT2D eigenvalue weighted by molar-refractivity contribution is 8.47. The molecule has 0 spiro atoms. The van der Waals surface area contributed by atoms with Gasteiger partial charge in [0.2, 0.25) is 0 Å². The van der Waals surface area contributed by atoms with E-state index in [-0.39, 0.29) is 0 Å². The Labute approximate surface area is 140 Å². The molecule has 0 radical (unpaired) electrons. The van der Waals surface area contributed by atoms with Crippen LogP contribution in [0, 0.1) is 0 Å². The number of hydrogen-bond acceptors (Lipinski definition) is 5. The number of thioether (sulfide) groups is 2. The van der Waals surface area contributed by atoms with E-state index in [0.717, 1.165) is 35.9 Å². The number of imidazole rings is 2. The molecule has 2 heterocycles. The molecule has 0 saturated carbocycles. The third-order valence-corrected chi connectivity index (χ3v) is 5.20. The number of rotatable bonds is 2. The van der Waals surface area contributed by atoms with E-state index in [9.17, 15) is 0 Å². The van der Waals surface area contributed by atoms with Crippen LogP contribution < -0.4 is 0 Å². The number of nitrogens with one attached hydrogen (secondary N) is 2. The van der Waals surface area contributed by atoms with E-state index in [0.29, 0.717) is 0 Å². The molecule has 0 aliphatic heterocycles. The summed E-state index contributed by atoms with van der Waals surface area (Å²) < 4.78 is 0.748. The van der Waals surface area contributed by atoms with Gasteiger partial charge in [-0.15, -0.1) is 0 Å². The Morgan fingerprint density at radius 3 is 1.68 bits per heavy atom. The van der Waals surface area contributed by atoms with E-state index >= 15 is 0 Å². The minimum absolute atomic E-state index is 0.748. The third-order valence-electron chi connectivity index (χ3n) is 3.10. The largest absolute Gasteiger partial charge is 0.333 e. The van der Waals surface area contributed by atoms with Gasteiger partial charge in [0.15, 0.2) is 10.3 Å². The zero-order chi connectivity index (χ0) is 14.9. The maximum atomic E-state index is 5.43. The molecule has 0 atom stereocenters. The number of benzene rings is 2. The van der Waals surface area contributed by atoms with Crippen molar-refractivity contribution in [2.24, 2.45) is 0 Å². The van der Waals surface area contributed by atoms with Crippen LogP contribution in [-0.4, -0.2) is 23.5 Å². The number of fused-ring (bicyclic) bond motifs is 2. The molecule has 7 heteroatoms. The van der Waals surface area contributed by atoms with Crippen LogP contribution in [0.5, 0.6) is 0 Å². The van der Waals surface area contributed by atoms with Crippen molar-refractivity contribution in [2.75, 3.05) is 0 Å². The molecule has 108 valence electrons. The highest BCUT2D eigenvalue weighted by Crippen LogP contribution is 2.30. The summed E-state index contributed by atoms with van der Waals surface area (Å²) in [5.74, 6) is 0. The lowest BCUT2D eigenvalue weighted by Gasteiger charge is -1.97. The summed E-state index contributed by atoms with van der Waals surface area (Å²) in [5.41, 5.74) is 3.92. The SMILES string of the molecule is S=C(Sc1nc2ccccc2[nH]1)Sc1nc2ccccc2[nH]1. The first-order chi connectivity index (χ1) is 10.8. The smallest absolute Gasteiger partial charge is 0.172 e. The van der Waals surface area contributed by atoms with Gasteiger partial charge in [-0.3, -0.25) is 0 Å². The monoisotopic (exact) mass is 342 g/mol. The fraction of sp³-hybridized carbons (Fsp3) is 0. The normalized spacial score (nSPS) is 11.3. The predicted molar refractivity (Wildman–Crippen MR) is 96.5 cm³/mol. The molecule has 22 heavy (non-hydrogen) atoms. The molecule has 4 nitrogen and oxygen atoms in total. The van der Waals surface area contributed by atoms with Crippen LogP contribution >= 0.6 is 35.7 Å². The van der Waals surface area contributed by atoms with Gasteiger partial charge < -0.3 is 9.97 Å². The maximum absolute atomic E-state index is 5.43. The molecule has 4 rings (SSSR count). The van der Waals surface area contributed by atoms with Gasteiger partial charge in [-0.1, -0.05) is 36.5 Å². The van der Waals surface area contributed by atoms with Crippen molar-refractivity contribution in [3.05, 3.63) is 48.5 Å². The average Bonchev–Trinajstić information content (AvgIpc) is 3.08. The van der Waals surface area contributed by atoms with Gasteiger partial charge in [0, 0.05) is 0 Å². The molecule has 0 aliphatic rings. The summed E-state index contributed by atoms with van der Waals surface area (Å²) in [4.78, 5) is 15.5. The van der Waals surface area contributed by atoms with Crippen LogP contribution in [0.3, 0.4) is 0 Å². The standard InChI is InChI=1S/C15H10N4S3/c20-15(21-13-16-9-5-1-2-6-10(9)17-13)22-14-18-11-7-3-4-8-12(11)19-14/h1-8H,(H,16,17)(H,18,19). The molecular weight excluding hydrogens is 332 g/mol. The van der Waals surface area contributed by atoms with E-state index < -0.39 is 0 Å². The van der Waals surface area contributed by atoms with Crippen LogP contribution in [0.15, 0.2) is 58.8 Å². The second-order valence-corrected chi connectivity index (χ2v) is 7.75. The van der Waals surface area contributed by atoms with Crippen molar-refractivity contribution >= 4 is 61.3 Å². The molecule has 0 saturated heterocycles. The summed E-state index contributed by atoms with van der Waals surface area (Å²) in [6, 6.07) is 15.9. The Morgan fingerprint density at radius 2 is 1.23 bits per heavy atom. The highest BCUT2D eigenvalue weighted by Gasteiger charge is 2.10. The Kier molecular flexibility index (Phi) is 3.61. The molecule has 0 fully saturated rings. The van der Waals surface area contributed by atoms with Crippen molar-refractivity contribution < 1.29 is 0 Å². The number of H-pyrrole nitrogens is 2. The second kappa shape index (κ2) is 5.75. The number of aromatic amines is 2. The van der Waals surface area contributed by atoms with E-state index in [1.54, 1.807) is 0 Å². The van der Waals surface area contributed by atoms with Crippen molar-refractivity contribution in [3.63, 3.8) is 0 Å². The molecule has 2 aromatic carbocycles. The van der Waals surface area contributed by atoms with Gasteiger partial charge in [-0.05, 0) is 47.8 Å². The minimum atomic E-state index is 0.748. The summed E-state index contributed by atoms with van der Waals surface area (Å²) in [6.45, 7) is 0. The lowest BCUT2D eigenvalue weighted by Crippen LogP contribution is -1.84. The number of aromatic nitrogens is 4. The van der Waals surface area contributed by atoms with Crippen LogP contribution in [-0.2, 0) is 0 Å². The maximum Gasteiger partial charge on any atom is 0.172 e. The van der Waals surface area contributed by atoms with Crippen molar-refractivity contribution in [3.8, 4) is 0 Å². The Morgan fingerprint density at radius 1 is 0.773 bits per heavy atom. The van der Waals surface area contributed by atoms with Gasteiger partial charge >= 0.3 is 0 Å². The first kappa shape index (κ1) is 13.8. The van der Waals surface area contributed by atoms with Crippen molar-refractivity contribution in [1.29, 1.82) is 0 Å². The fourth-order valence-corrected chi connectivity index (χ4v) is 4.17. The van der Waals surface area contributed by atoms with E-state index in [2.05, 4.69) is 19.9 Å². The predicted octanol–water partition coefficient (Wildman–Crippen LogP) is 4.61. The number of thiocarbonyl (C=S) groups is 1. The molecule has 0 amide bonds. The second-order valence-electron chi connectivity index (χ2n) is 4.57. The Bertz CT molecular complexity index is 829. The molecular formula is C15H10N4S3. The van der Waals surface area contributed by atoms with Gasteiger partial charge in [-0.25, -0.2) is 9.97 Å². The van der Waals surface area contributed by atoms with Gasteiger partial charge in [0.25, 0.3) is 0 Å². The van der Waals surface area contributed by atoms with E-state index in [4.69, 9.17) is 12.2 Å². The molecule has 4 aromatic rings. The highest BCUT2D eigenvalue weighted by atomic mass is 32.2. The molecule has 0 aliphatic carbocycles. The topological polar surface area (TPSA) is 57.4 Å². The van der Waals surface area contributed by atoms with Crippen LogP contribution in [0.25, 0.3) is 22.1 Å². The first-order valence-electron chi connectivity index (χ1n) is 6.57. The van der Waals surface area contributed by atoms with E-state index in [1.165, 1.54) is 23.5 Å².